The minimum Gasteiger partial charge on any atom is -0.207 e. The average Bonchev–Trinajstić information content (AvgIpc) is 2.32. The molecule has 0 aliphatic rings. The summed E-state index contributed by atoms with van der Waals surface area (Å²) in [6.45, 7) is 0. The van der Waals surface area contributed by atoms with Crippen LogP contribution in [0.2, 0.25) is 10.0 Å². The van der Waals surface area contributed by atoms with E-state index in [1.165, 1.54) is 6.07 Å². The number of rotatable bonds is 2. The highest BCUT2D eigenvalue weighted by Crippen LogP contribution is 2.36. The van der Waals surface area contributed by atoms with E-state index in [0.717, 1.165) is 5.56 Å². The molecule has 0 saturated carbocycles. The fourth-order valence-electron chi connectivity index (χ4n) is 1.56. The first kappa shape index (κ1) is 14.3. The molecule has 94 valence electrons. The van der Waals surface area contributed by atoms with Crippen molar-refractivity contribution in [3.63, 3.8) is 0 Å². The first-order valence-electron chi connectivity index (χ1n) is 5.03. The predicted molar refractivity (Wildman–Crippen MR) is 81.3 cm³/mol. The van der Waals surface area contributed by atoms with Gasteiger partial charge in [-0.2, -0.15) is 0 Å². The molecule has 0 aliphatic heterocycles. The summed E-state index contributed by atoms with van der Waals surface area (Å²) in [6, 6.07) is 10.2. The molecule has 0 nitrogen and oxygen atoms in total. The summed E-state index contributed by atoms with van der Waals surface area (Å²) in [5, 5.41) is 0.938. The molecule has 0 N–H and O–H groups in total. The van der Waals surface area contributed by atoms with Crippen LogP contribution in [0.1, 0.15) is 16.0 Å². The SMILES string of the molecule is Fc1cc(Br)ccc1C(Br)c1ccc(Cl)c(Cl)c1. The molecule has 0 bridgehead atoms. The van der Waals surface area contributed by atoms with E-state index in [2.05, 4.69) is 31.9 Å². The third kappa shape index (κ3) is 3.08. The highest BCUT2D eigenvalue weighted by Gasteiger charge is 2.16. The second-order valence-corrected chi connectivity index (χ2v) is 6.35. The Morgan fingerprint density at radius 1 is 1.00 bits per heavy atom. The monoisotopic (exact) mass is 410 g/mol. The van der Waals surface area contributed by atoms with Crippen molar-refractivity contribution >= 4 is 55.1 Å². The van der Waals surface area contributed by atoms with Gasteiger partial charge in [-0.15, -0.1) is 0 Å². The van der Waals surface area contributed by atoms with Crippen LogP contribution in [0.25, 0.3) is 0 Å². The van der Waals surface area contributed by atoms with Crippen molar-refractivity contribution in [2.24, 2.45) is 0 Å². The average molecular weight is 413 g/mol. The van der Waals surface area contributed by atoms with Gasteiger partial charge < -0.3 is 0 Å². The van der Waals surface area contributed by atoms with Crippen molar-refractivity contribution in [1.82, 2.24) is 0 Å². The first-order chi connectivity index (χ1) is 8.49. The van der Waals surface area contributed by atoms with Gasteiger partial charge in [0.05, 0.1) is 14.9 Å². The molecule has 18 heavy (non-hydrogen) atoms. The van der Waals surface area contributed by atoms with Crippen LogP contribution in [0.3, 0.4) is 0 Å². The standard InChI is InChI=1S/C13H7Br2Cl2F/c14-8-2-3-9(12(18)6-8)13(15)7-1-4-10(16)11(17)5-7/h1-6,13H. The molecule has 0 aliphatic carbocycles. The van der Waals surface area contributed by atoms with Crippen LogP contribution in [0.15, 0.2) is 40.9 Å². The minimum atomic E-state index is -0.280. The summed E-state index contributed by atoms with van der Waals surface area (Å²) >= 11 is 18.5. The van der Waals surface area contributed by atoms with Crippen molar-refractivity contribution < 1.29 is 4.39 Å². The summed E-state index contributed by atoms with van der Waals surface area (Å²) < 4.78 is 14.6. The summed E-state index contributed by atoms with van der Waals surface area (Å²) in [6.07, 6.45) is 0. The third-order valence-corrected chi connectivity index (χ3v) is 4.73. The van der Waals surface area contributed by atoms with E-state index in [-0.39, 0.29) is 10.6 Å². The predicted octanol–water partition coefficient (Wildman–Crippen LogP) is 6.38. The van der Waals surface area contributed by atoms with Gasteiger partial charge in [-0.3, -0.25) is 0 Å². The largest absolute Gasteiger partial charge is 0.207 e. The number of hydrogen-bond donors (Lipinski definition) is 0. The summed E-state index contributed by atoms with van der Waals surface area (Å²) in [7, 11) is 0. The molecule has 0 radical (unpaired) electrons. The number of halogens is 5. The Morgan fingerprint density at radius 2 is 1.72 bits per heavy atom. The van der Waals surface area contributed by atoms with E-state index in [0.29, 0.717) is 20.1 Å². The molecule has 2 aromatic rings. The normalized spacial score (nSPS) is 12.5. The van der Waals surface area contributed by atoms with Gasteiger partial charge in [0.2, 0.25) is 0 Å². The molecule has 5 heteroatoms. The lowest BCUT2D eigenvalue weighted by molar-refractivity contribution is 0.612. The Hall–Kier alpha value is -0.0900. The highest BCUT2D eigenvalue weighted by molar-refractivity contribution is 9.10. The lowest BCUT2D eigenvalue weighted by atomic mass is 10.0. The van der Waals surface area contributed by atoms with Gasteiger partial charge in [0, 0.05) is 10.0 Å². The van der Waals surface area contributed by atoms with Gasteiger partial charge in [0.1, 0.15) is 5.82 Å². The number of benzene rings is 2. The van der Waals surface area contributed by atoms with Crippen LogP contribution in [-0.2, 0) is 0 Å². The van der Waals surface area contributed by atoms with Gasteiger partial charge >= 0.3 is 0 Å². The molecule has 1 unspecified atom stereocenters. The molecule has 0 aromatic heterocycles. The maximum atomic E-state index is 13.8. The molecule has 0 fully saturated rings. The van der Waals surface area contributed by atoms with Gasteiger partial charge in [0.15, 0.2) is 0 Å². The molecule has 0 spiro atoms. The Bertz CT molecular complexity index is 587. The van der Waals surface area contributed by atoms with Crippen molar-refractivity contribution in [1.29, 1.82) is 0 Å². The van der Waals surface area contributed by atoms with Crippen molar-refractivity contribution in [2.45, 2.75) is 4.83 Å². The molecule has 1 atom stereocenters. The highest BCUT2D eigenvalue weighted by atomic mass is 79.9. The second kappa shape index (κ2) is 5.91. The smallest absolute Gasteiger partial charge is 0.129 e. The second-order valence-electron chi connectivity index (χ2n) is 3.70. The van der Waals surface area contributed by atoms with Crippen molar-refractivity contribution in [2.75, 3.05) is 0 Å². The van der Waals surface area contributed by atoms with Gasteiger partial charge in [0.25, 0.3) is 0 Å². The zero-order valence-corrected chi connectivity index (χ0v) is 13.6. The summed E-state index contributed by atoms with van der Waals surface area (Å²) in [5.41, 5.74) is 1.40. The van der Waals surface area contributed by atoms with Gasteiger partial charge in [-0.1, -0.05) is 67.2 Å². The van der Waals surface area contributed by atoms with E-state index in [4.69, 9.17) is 23.2 Å². The lowest BCUT2D eigenvalue weighted by Crippen LogP contribution is -1.96. The third-order valence-electron chi connectivity index (χ3n) is 2.47. The van der Waals surface area contributed by atoms with Crippen molar-refractivity contribution in [3.8, 4) is 0 Å². The van der Waals surface area contributed by atoms with E-state index in [9.17, 15) is 4.39 Å². The van der Waals surface area contributed by atoms with Crippen LogP contribution in [0.5, 0.6) is 0 Å². The quantitative estimate of drug-likeness (QED) is 0.502. The van der Waals surface area contributed by atoms with Crippen LogP contribution >= 0.6 is 55.1 Å². The minimum absolute atomic E-state index is 0.264. The molecule has 2 rings (SSSR count). The molecular formula is C13H7Br2Cl2F. The molecule has 0 heterocycles. The Balaban J connectivity index is 2.41. The van der Waals surface area contributed by atoms with E-state index < -0.39 is 0 Å². The van der Waals surface area contributed by atoms with Crippen molar-refractivity contribution in [3.05, 3.63) is 67.9 Å². The summed E-state index contributed by atoms with van der Waals surface area (Å²) in [5.74, 6) is -0.280. The van der Waals surface area contributed by atoms with Gasteiger partial charge in [-0.25, -0.2) is 4.39 Å². The Kier molecular flexibility index (Phi) is 4.70. The van der Waals surface area contributed by atoms with E-state index in [1.807, 2.05) is 6.07 Å². The van der Waals surface area contributed by atoms with E-state index >= 15 is 0 Å². The fraction of sp³-hybridized carbons (Fsp3) is 0.0769. The van der Waals surface area contributed by atoms with Gasteiger partial charge in [-0.05, 0) is 29.8 Å². The number of alkyl halides is 1. The molecular weight excluding hydrogens is 406 g/mol. The molecule has 0 saturated heterocycles. The molecule has 2 aromatic carbocycles. The maximum absolute atomic E-state index is 13.8. The first-order valence-corrected chi connectivity index (χ1v) is 7.49. The Labute approximate surface area is 131 Å². The summed E-state index contributed by atoms with van der Waals surface area (Å²) in [4.78, 5) is -0.264. The van der Waals surface area contributed by atoms with E-state index in [1.54, 1.807) is 24.3 Å². The van der Waals surface area contributed by atoms with Crippen LogP contribution in [-0.4, -0.2) is 0 Å². The fourth-order valence-corrected chi connectivity index (χ4v) is 2.85. The van der Waals surface area contributed by atoms with Crippen LogP contribution in [0.4, 0.5) is 4.39 Å². The topological polar surface area (TPSA) is 0 Å². The Morgan fingerprint density at radius 3 is 2.33 bits per heavy atom. The zero-order chi connectivity index (χ0) is 13.3. The van der Waals surface area contributed by atoms with Crippen LogP contribution in [0, 0.1) is 5.82 Å². The molecule has 0 amide bonds. The number of hydrogen-bond acceptors (Lipinski definition) is 0. The maximum Gasteiger partial charge on any atom is 0.129 e. The lowest BCUT2D eigenvalue weighted by Gasteiger charge is -2.12. The van der Waals surface area contributed by atoms with Crippen LogP contribution < -0.4 is 0 Å². The zero-order valence-electron chi connectivity index (χ0n) is 8.93.